The molecule has 2 N–H and O–H groups in total. The minimum atomic E-state index is -0.983. The predicted molar refractivity (Wildman–Crippen MR) is 96.6 cm³/mol. The van der Waals surface area contributed by atoms with Gasteiger partial charge >= 0.3 is 5.97 Å². The molecule has 1 aromatic rings. The van der Waals surface area contributed by atoms with Crippen LogP contribution in [0.4, 0.5) is 0 Å². The van der Waals surface area contributed by atoms with Crippen molar-refractivity contribution in [1.82, 2.24) is 5.32 Å². The quantitative estimate of drug-likeness (QED) is 0.842. The van der Waals surface area contributed by atoms with E-state index in [-0.39, 0.29) is 29.3 Å². The molecule has 6 nitrogen and oxygen atoms in total. The topological polar surface area (TPSA) is 84.9 Å². The van der Waals surface area contributed by atoms with Crippen molar-refractivity contribution in [3.63, 3.8) is 0 Å². The highest BCUT2D eigenvalue weighted by Gasteiger charge is 2.28. The largest absolute Gasteiger partial charge is 0.496 e. The third kappa shape index (κ3) is 4.36. The van der Waals surface area contributed by atoms with Crippen LogP contribution >= 0.6 is 0 Å². The fourth-order valence-corrected chi connectivity index (χ4v) is 4.05. The molecule has 2 aliphatic rings. The molecule has 1 saturated carbocycles. The maximum atomic E-state index is 12.5. The van der Waals surface area contributed by atoms with E-state index in [0.717, 1.165) is 44.1 Å². The fourth-order valence-electron chi connectivity index (χ4n) is 4.05. The van der Waals surface area contributed by atoms with Gasteiger partial charge in [0.2, 0.25) is 5.91 Å². The standard InChI is InChI=1S/C20H27NO5/c1-25-18-6-5-15(12-17(18)20(23)24)14-3-2-4-16(11-14)21-19(22)13-7-9-26-10-8-13/h5-6,12-14,16H,2-4,7-11H2,1H3,(H,21,22)(H,23,24). The number of rotatable bonds is 5. The van der Waals surface area contributed by atoms with E-state index in [9.17, 15) is 14.7 Å². The summed E-state index contributed by atoms with van der Waals surface area (Å²) in [5.74, 6) is -0.151. The number of aromatic carboxylic acids is 1. The molecule has 0 bridgehead atoms. The number of hydrogen-bond acceptors (Lipinski definition) is 4. The summed E-state index contributed by atoms with van der Waals surface area (Å²) in [6.45, 7) is 1.32. The number of carboxylic acid groups (broad SMARTS) is 1. The van der Waals surface area contributed by atoms with E-state index < -0.39 is 5.97 Å². The van der Waals surface area contributed by atoms with Gasteiger partial charge in [0.15, 0.2) is 0 Å². The second-order valence-corrected chi connectivity index (χ2v) is 7.22. The lowest BCUT2D eigenvalue weighted by atomic mass is 9.80. The number of ether oxygens (including phenoxy) is 2. The SMILES string of the molecule is COc1ccc(C2CCCC(NC(=O)C3CCOCC3)C2)cc1C(=O)O. The number of hydrogen-bond donors (Lipinski definition) is 2. The highest BCUT2D eigenvalue weighted by atomic mass is 16.5. The number of carbonyl (C=O) groups is 2. The van der Waals surface area contributed by atoms with Gasteiger partial charge in [0.05, 0.1) is 7.11 Å². The Morgan fingerprint density at radius 3 is 2.65 bits per heavy atom. The van der Waals surface area contributed by atoms with Crippen molar-refractivity contribution in [3.8, 4) is 5.75 Å². The molecule has 3 rings (SSSR count). The lowest BCUT2D eigenvalue weighted by Gasteiger charge is -2.32. The zero-order valence-electron chi connectivity index (χ0n) is 15.2. The van der Waals surface area contributed by atoms with Crippen molar-refractivity contribution in [3.05, 3.63) is 29.3 Å². The molecule has 6 heteroatoms. The Morgan fingerprint density at radius 1 is 1.19 bits per heavy atom. The summed E-state index contributed by atoms with van der Waals surface area (Å²) < 4.78 is 10.5. The predicted octanol–water partition coefficient (Wildman–Crippen LogP) is 2.96. The number of nitrogens with one attached hydrogen (secondary N) is 1. The van der Waals surface area contributed by atoms with Crippen molar-refractivity contribution < 1.29 is 24.2 Å². The van der Waals surface area contributed by atoms with Crippen molar-refractivity contribution in [1.29, 1.82) is 0 Å². The third-order valence-corrected chi connectivity index (χ3v) is 5.54. The monoisotopic (exact) mass is 361 g/mol. The summed E-state index contributed by atoms with van der Waals surface area (Å²) in [5, 5.41) is 12.6. The number of carbonyl (C=O) groups excluding carboxylic acids is 1. The third-order valence-electron chi connectivity index (χ3n) is 5.54. The van der Waals surface area contributed by atoms with Crippen LogP contribution in [0.15, 0.2) is 18.2 Å². The molecule has 0 aromatic heterocycles. The Balaban J connectivity index is 1.65. The lowest BCUT2D eigenvalue weighted by molar-refractivity contribution is -0.128. The minimum absolute atomic E-state index is 0.0590. The number of methoxy groups -OCH3 is 1. The second-order valence-electron chi connectivity index (χ2n) is 7.22. The number of carboxylic acids is 1. The van der Waals surface area contributed by atoms with Crippen molar-refractivity contribution >= 4 is 11.9 Å². The van der Waals surface area contributed by atoms with E-state index >= 15 is 0 Å². The van der Waals surface area contributed by atoms with Gasteiger partial charge < -0.3 is 19.9 Å². The highest BCUT2D eigenvalue weighted by Crippen LogP contribution is 2.35. The fraction of sp³-hybridized carbons (Fsp3) is 0.600. The van der Waals surface area contributed by atoms with Crippen LogP contribution in [0.5, 0.6) is 5.75 Å². The minimum Gasteiger partial charge on any atom is -0.496 e. The van der Waals surface area contributed by atoms with Crippen LogP contribution in [0.3, 0.4) is 0 Å². The average molecular weight is 361 g/mol. The molecule has 0 spiro atoms. The molecule has 1 saturated heterocycles. The Labute approximate surface area is 153 Å². The van der Waals surface area contributed by atoms with Crippen molar-refractivity contribution in [2.75, 3.05) is 20.3 Å². The first kappa shape index (κ1) is 18.7. The van der Waals surface area contributed by atoms with Gasteiger partial charge in [-0.3, -0.25) is 4.79 Å². The van der Waals surface area contributed by atoms with Gasteiger partial charge in [-0.2, -0.15) is 0 Å². The Kier molecular flexibility index (Phi) is 6.14. The van der Waals surface area contributed by atoms with Gasteiger partial charge in [-0.05, 0) is 55.7 Å². The Bertz CT molecular complexity index is 654. The Morgan fingerprint density at radius 2 is 1.96 bits per heavy atom. The lowest BCUT2D eigenvalue weighted by Crippen LogP contribution is -2.42. The molecule has 1 aliphatic carbocycles. The van der Waals surface area contributed by atoms with Crippen molar-refractivity contribution in [2.24, 2.45) is 5.92 Å². The summed E-state index contributed by atoms with van der Waals surface area (Å²) >= 11 is 0. The van der Waals surface area contributed by atoms with Gasteiger partial charge in [0, 0.05) is 25.2 Å². The second kappa shape index (κ2) is 8.54. The van der Waals surface area contributed by atoms with E-state index in [0.29, 0.717) is 19.0 Å². The van der Waals surface area contributed by atoms with E-state index in [4.69, 9.17) is 9.47 Å². The first-order valence-corrected chi connectivity index (χ1v) is 9.38. The summed E-state index contributed by atoms with van der Waals surface area (Å²) in [4.78, 5) is 23.9. The van der Waals surface area contributed by atoms with Crippen LogP contribution in [0.1, 0.15) is 60.4 Å². The van der Waals surface area contributed by atoms with Gasteiger partial charge in [0.1, 0.15) is 11.3 Å². The van der Waals surface area contributed by atoms with E-state index in [2.05, 4.69) is 5.32 Å². The highest BCUT2D eigenvalue weighted by molar-refractivity contribution is 5.91. The van der Waals surface area contributed by atoms with Crippen LogP contribution < -0.4 is 10.1 Å². The van der Waals surface area contributed by atoms with Crippen LogP contribution in [0.25, 0.3) is 0 Å². The van der Waals surface area contributed by atoms with E-state index in [1.165, 1.54) is 7.11 Å². The van der Waals surface area contributed by atoms with Crippen LogP contribution in [0, 0.1) is 5.92 Å². The first-order chi connectivity index (χ1) is 12.6. The molecule has 26 heavy (non-hydrogen) atoms. The first-order valence-electron chi connectivity index (χ1n) is 9.38. The molecule has 1 heterocycles. The zero-order valence-corrected chi connectivity index (χ0v) is 15.2. The summed E-state index contributed by atoms with van der Waals surface area (Å²) in [7, 11) is 1.48. The molecule has 2 fully saturated rings. The maximum absolute atomic E-state index is 12.5. The molecule has 0 radical (unpaired) electrons. The van der Waals surface area contributed by atoms with Crippen molar-refractivity contribution in [2.45, 2.75) is 50.5 Å². The molecule has 142 valence electrons. The van der Waals surface area contributed by atoms with Gasteiger partial charge in [0.25, 0.3) is 0 Å². The van der Waals surface area contributed by atoms with Gasteiger partial charge in [-0.1, -0.05) is 12.5 Å². The molecule has 2 atom stereocenters. The molecular weight excluding hydrogens is 334 g/mol. The van der Waals surface area contributed by atoms with Crippen LogP contribution in [-0.4, -0.2) is 43.3 Å². The zero-order chi connectivity index (χ0) is 18.5. The molecule has 1 aromatic carbocycles. The average Bonchev–Trinajstić information content (AvgIpc) is 2.68. The number of benzene rings is 1. The Hall–Kier alpha value is -2.08. The smallest absolute Gasteiger partial charge is 0.339 e. The van der Waals surface area contributed by atoms with E-state index in [1.807, 2.05) is 6.07 Å². The maximum Gasteiger partial charge on any atom is 0.339 e. The van der Waals surface area contributed by atoms with Gasteiger partial charge in [-0.25, -0.2) is 4.79 Å². The normalized spacial score (nSPS) is 24.0. The summed E-state index contributed by atoms with van der Waals surface area (Å²) in [6.07, 6.45) is 5.45. The van der Waals surface area contributed by atoms with Gasteiger partial charge in [-0.15, -0.1) is 0 Å². The van der Waals surface area contributed by atoms with Crippen LogP contribution in [0.2, 0.25) is 0 Å². The molecule has 2 unspecified atom stereocenters. The molecule has 1 amide bonds. The number of amides is 1. The van der Waals surface area contributed by atoms with E-state index in [1.54, 1.807) is 12.1 Å². The summed E-state index contributed by atoms with van der Waals surface area (Å²) in [6, 6.07) is 5.54. The summed E-state index contributed by atoms with van der Waals surface area (Å²) in [5.41, 5.74) is 1.20. The molecule has 1 aliphatic heterocycles. The van der Waals surface area contributed by atoms with Crippen LogP contribution in [-0.2, 0) is 9.53 Å². The molecular formula is C20H27NO5.